The lowest BCUT2D eigenvalue weighted by Gasteiger charge is -2.10. The molecule has 0 aliphatic heterocycles. The highest BCUT2D eigenvalue weighted by Gasteiger charge is 2.02. The van der Waals surface area contributed by atoms with Gasteiger partial charge in [-0.25, -0.2) is 0 Å². The van der Waals surface area contributed by atoms with Gasteiger partial charge in [0.15, 0.2) is 0 Å². The first-order valence-corrected chi connectivity index (χ1v) is 10.0. The van der Waals surface area contributed by atoms with Crippen LogP contribution >= 0.6 is 23.2 Å². The molecule has 3 nitrogen and oxygen atoms in total. The van der Waals surface area contributed by atoms with Gasteiger partial charge >= 0.3 is 0 Å². The largest absolute Gasteiger partial charge is 0.492 e. The fourth-order valence-corrected chi connectivity index (χ4v) is 3.11. The van der Waals surface area contributed by atoms with E-state index in [4.69, 9.17) is 32.7 Å². The molecule has 0 aliphatic rings. The molecule has 146 valence electrons. The van der Waals surface area contributed by atoms with Gasteiger partial charge in [0.2, 0.25) is 0 Å². The van der Waals surface area contributed by atoms with E-state index in [1.165, 1.54) is 0 Å². The second kappa shape index (κ2) is 10.8. The number of hydrogen-bond acceptors (Lipinski definition) is 3. The minimum absolute atomic E-state index is 0.542. The zero-order valence-corrected chi connectivity index (χ0v) is 17.0. The van der Waals surface area contributed by atoms with Crippen LogP contribution in [0.1, 0.15) is 18.4 Å². The van der Waals surface area contributed by atoms with Gasteiger partial charge in [0.05, 0.1) is 11.6 Å². The van der Waals surface area contributed by atoms with E-state index in [1.54, 1.807) is 18.2 Å². The second-order valence-electron chi connectivity index (χ2n) is 6.36. The molecule has 5 heteroatoms. The highest BCUT2D eigenvalue weighted by atomic mass is 35.5. The van der Waals surface area contributed by atoms with Gasteiger partial charge in [0.1, 0.15) is 18.1 Å². The van der Waals surface area contributed by atoms with Gasteiger partial charge in [-0.3, -0.25) is 0 Å². The van der Waals surface area contributed by atoms with E-state index in [0.29, 0.717) is 29.0 Å². The van der Waals surface area contributed by atoms with E-state index in [2.05, 4.69) is 17.4 Å². The fourth-order valence-electron chi connectivity index (χ4n) is 2.64. The Kier molecular flexibility index (Phi) is 7.89. The van der Waals surface area contributed by atoms with Gasteiger partial charge in [0.25, 0.3) is 0 Å². The molecule has 0 radical (unpaired) electrons. The lowest BCUT2D eigenvalue weighted by atomic mass is 10.2. The third-order valence-electron chi connectivity index (χ3n) is 4.15. The SMILES string of the molecule is Clc1ccc(OCCCCNc2ccc(OCc3ccccc3)cc2)c(Cl)c1. The molecular formula is C23H23Cl2NO2. The summed E-state index contributed by atoms with van der Waals surface area (Å²) >= 11 is 12.0. The Bertz CT molecular complexity index is 854. The number of ether oxygens (including phenoxy) is 2. The highest BCUT2D eigenvalue weighted by Crippen LogP contribution is 2.27. The molecule has 0 amide bonds. The molecule has 0 saturated carbocycles. The molecule has 3 aromatic carbocycles. The maximum absolute atomic E-state index is 6.09. The molecular weight excluding hydrogens is 393 g/mol. The average Bonchev–Trinajstić information content (AvgIpc) is 2.72. The van der Waals surface area contributed by atoms with Crippen LogP contribution in [0.15, 0.2) is 72.8 Å². The summed E-state index contributed by atoms with van der Waals surface area (Å²) in [4.78, 5) is 0. The van der Waals surface area contributed by atoms with Crippen molar-refractivity contribution >= 4 is 28.9 Å². The Morgan fingerprint density at radius 3 is 2.32 bits per heavy atom. The Morgan fingerprint density at radius 1 is 0.786 bits per heavy atom. The third-order valence-corrected chi connectivity index (χ3v) is 4.68. The average molecular weight is 416 g/mol. The fraction of sp³-hybridized carbons (Fsp3) is 0.217. The second-order valence-corrected chi connectivity index (χ2v) is 7.20. The summed E-state index contributed by atoms with van der Waals surface area (Å²) in [5.74, 6) is 1.53. The van der Waals surface area contributed by atoms with Crippen molar-refractivity contribution in [3.63, 3.8) is 0 Å². The summed E-state index contributed by atoms with van der Waals surface area (Å²) < 4.78 is 11.5. The van der Waals surface area contributed by atoms with Crippen molar-refractivity contribution < 1.29 is 9.47 Å². The first-order valence-electron chi connectivity index (χ1n) is 9.29. The molecule has 0 spiro atoms. The summed E-state index contributed by atoms with van der Waals surface area (Å²) in [5, 5.41) is 4.56. The number of unbranched alkanes of at least 4 members (excludes halogenated alkanes) is 1. The van der Waals surface area contributed by atoms with Gasteiger partial charge in [-0.2, -0.15) is 0 Å². The Hall–Kier alpha value is -2.36. The smallest absolute Gasteiger partial charge is 0.137 e. The van der Waals surface area contributed by atoms with Crippen molar-refractivity contribution in [3.05, 3.63) is 88.4 Å². The van der Waals surface area contributed by atoms with Crippen LogP contribution in [0.3, 0.4) is 0 Å². The molecule has 0 unspecified atom stereocenters. The summed E-state index contributed by atoms with van der Waals surface area (Å²) in [6.45, 7) is 2.07. The topological polar surface area (TPSA) is 30.5 Å². The van der Waals surface area contributed by atoms with Crippen molar-refractivity contribution in [2.24, 2.45) is 0 Å². The summed E-state index contributed by atoms with van der Waals surface area (Å²) in [6, 6.07) is 23.4. The lowest BCUT2D eigenvalue weighted by molar-refractivity contribution is 0.306. The van der Waals surface area contributed by atoms with Crippen LogP contribution in [0.25, 0.3) is 0 Å². The van der Waals surface area contributed by atoms with Gasteiger partial charge < -0.3 is 14.8 Å². The number of hydrogen-bond donors (Lipinski definition) is 1. The molecule has 0 fully saturated rings. The van der Waals surface area contributed by atoms with Crippen LogP contribution in [-0.2, 0) is 6.61 Å². The Balaban J connectivity index is 1.31. The highest BCUT2D eigenvalue weighted by molar-refractivity contribution is 6.35. The minimum atomic E-state index is 0.542. The molecule has 0 heterocycles. The van der Waals surface area contributed by atoms with Gasteiger partial charge in [-0.15, -0.1) is 0 Å². The van der Waals surface area contributed by atoms with E-state index in [9.17, 15) is 0 Å². The van der Waals surface area contributed by atoms with E-state index < -0.39 is 0 Å². The molecule has 0 atom stereocenters. The maximum Gasteiger partial charge on any atom is 0.137 e. The standard InChI is InChI=1S/C23H23Cl2NO2/c24-19-8-13-23(22(25)16-19)27-15-5-4-14-26-20-9-11-21(12-10-20)28-17-18-6-2-1-3-7-18/h1-3,6-13,16,26H,4-5,14-15,17H2. The summed E-state index contributed by atoms with van der Waals surface area (Å²) in [5.41, 5.74) is 2.24. The minimum Gasteiger partial charge on any atom is -0.492 e. The van der Waals surface area contributed by atoms with Crippen molar-refractivity contribution in [3.8, 4) is 11.5 Å². The quantitative estimate of drug-likeness (QED) is 0.367. The third kappa shape index (κ3) is 6.66. The summed E-state index contributed by atoms with van der Waals surface area (Å²) in [7, 11) is 0. The van der Waals surface area contributed by atoms with Crippen molar-refractivity contribution in [2.45, 2.75) is 19.4 Å². The van der Waals surface area contributed by atoms with Crippen LogP contribution in [-0.4, -0.2) is 13.2 Å². The van der Waals surface area contributed by atoms with Crippen LogP contribution in [0.4, 0.5) is 5.69 Å². The van der Waals surface area contributed by atoms with Crippen molar-refractivity contribution in [1.29, 1.82) is 0 Å². The number of nitrogens with one attached hydrogen (secondary N) is 1. The number of rotatable bonds is 10. The maximum atomic E-state index is 6.09. The number of halogens is 2. The first-order chi connectivity index (χ1) is 13.7. The Labute approximate surface area is 176 Å². The van der Waals surface area contributed by atoms with Crippen LogP contribution < -0.4 is 14.8 Å². The van der Waals surface area contributed by atoms with Crippen molar-refractivity contribution in [1.82, 2.24) is 0 Å². The molecule has 3 aromatic rings. The molecule has 28 heavy (non-hydrogen) atoms. The van der Waals surface area contributed by atoms with E-state index in [1.807, 2.05) is 42.5 Å². The van der Waals surface area contributed by atoms with E-state index >= 15 is 0 Å². The molecule has 0 aromatic heterocycles. The Morgan fingerprint density at radius 2 is 1.57 bits per heavy atom. The molecule has 3 rings (SSSR count). The first kappa shape index (κ1) is 20.4. The molecule has 0 saturated heterocycles. The van der Waals surface area contributed by atoms with Gasteiger partial charge in [-0.05, 0) is 60.9 Å². The van der Waals surface area contributed by atoms with Crippen LogP contribution in [0, 0.1) is 0 Å². The van der Waals surface area contributed by atoms with Crippen LogP contribution in [0.5, 0.6) is 11.5 Å². The zero-order chi connectivity index (χ0) is 19.6. The van der Waals surface area contributed by atoms with E-state index in [-0.39, 0.29) is 0 Å². The molecule has 1 N–H and O–H groups in total. The number of anilines is 1. The van der Waals surface area contributed by atoms with Crippen LogP contribution in [0.2, 0.25) is 10.0 Å². The van der Waals surface area contributed by atoms with Crippen molar-refractivity contribution in [2.75, 3.05) is 18.5 Å². The summed E-state index contributed by atoms with van der Waals surface area (Å²) in [6.07, 6.45) is 1.93. The van der Waals surface area contributed by atoms with Gasteiger partial charge in [0, 0.05) is 17.3 Å². The normalized spacial score (nSPS) is 10.5. The van der Waals surface area contributed by atoms with Gasteiger partial charge in [-0.1, -0.05) is 53.5 Å². The van der Waals surface area contributed by atoms with E-state index in [0.717, 1.165) is 36.4 Å². The zero-order valence-electron chi connectivity index (χ0n) is 15.5. The monoisotopic (exact) mass is 415 g/mol. The predicted octanol–water partition coefficient (Wildman–Crippen LogP) is 6.84. The number of benzene rings is 3. The molecule has 0 bridgehead atoms. The lowest BCUT2D eigenvalue weighted by Crippen LogP contribution is -2.05. The molecule has 0 aliphatic carbocycles. The predicted molar refractivity (Wildman–Crippen MR) is 117 cm³/mol.